The van der Waals surface area contributed by atoms with Crippen molar-refractivity contribution in [1.82, 2.24) is 25.2 Å². The van der Waals surface area contributed by atoms with Gasteiger partial charge < -0.3 is 25.2 Å². The molecule has 0 aliphatic carbocycles. The van der Waals surface area contributed by atoms with Crippen molar-refractivity contribution in [3.05, 3.63) is 60.6 Å². The number of carbonyl (C=O) groups excluding carboxylic acids is 2. The molecular weight excluding hydrogens is 396 g/mol. The van der Waals surface area contributed by atoms with E-state index in [0.717, 1.165) is 16.5 Å². The Kier molecular flexibility index (Phi) is 6.23. The van der Waals surface area contributed by atoms with E-state index >= 15 is 0 Å². The van der Waals surface area contributed by atoms with Crippen LogP contribution >= 0.6 is 0 Å². The summed E-state index contributed by atoms with van der Waals surface area (Å²) in [7, 11) is 0. The van der Waals surface area contributed by atoms with E-state index < -0.39 is 18.6 Å². The third-order valence-corrected chi connectivity index (χ3v) is 5.26. The molecule has 3 aromatic rings. The number of carbonyl (C=O) groups is 2. The van der Waals surface area contributed by atoms with Gasteiger partial charge >= 0.3 is 0 Å². The van der Waals surface area contributed by atoms with Gasteiger partial charge in [0.2, 0.25) is 17.8 Å². The molecule has 4 rings (SSSR count). The van der Waals surface area contributed by atoms with Crippen molar-refractivity contribution < 1.29 is 14.7 Å². The van der Waals surface area contributed by atoms with Crippen LogP contribution in [0.4, 0.5) is 5.95 Å². The number of nitrogens with zero attached hydrogens (tertiary/aromatic N) is 4. The first-order chi connectivity index (χ1) is 15.2. The molecule has 31 heavy (non-hydrogen) atoms. The Balaban J connectivity index is 1.33. The number of aromatic nitrogens is 3. The molecule has 3 N–H and O–H groups in total. The van der Waals surface area contributed by atoms with E-state index in [-0.39, 0.29) is 5.91 Å². The molecule has 160 valence electrons. The molecule has 0 spiro atoms. The SMILES string of the molecule is O=C(C=Cc1c[nH]c2ccccc12)NC(CO)C(=O)N1CCN(c2ncccn2)CC1. The molecule has 1 aliphatic rings. The molecule has 1 fully saturated rings. The fourth-order valence-electron chi connectivity index (χ4n) is 3.60. The van der Waals surface area contributed by atoms with Crippen molar-refractivity contribution in [3.8, 4) is 0 Å². The van der Waals surface area contributed by atoms with E-state index in [1.54, 1.807) is 29.4 Å². The average Bonchev–Trinajstić information content (AvgIpc) is 3.24. The lowest BCUT2D eigenvalue weighted by Crippen LogP contribution is -2.56. The fraction of sp³-hybridized carbons (Fsp3) is 0.273. The Hall–Kier alpha value is -3.72. The Morgan fingerprint density at radius 2 is 1.87 bits per heavy atom. The van der Waals surface area contributed by atoms with Crippen LogP contribution in [0.15, 0.2) is 55.0 Å². The van der Waals surface area contributed by atoms with Crippen molar-refractivity contribution in [1.29, 1.82) is 0 Å². The van der Waals surface area contributed by atoms with Crippen molar-refractivity contribution in [2.75, 3.05) is 37.7 Å². The molecule has 3 heterocycles. The standard InChI is InChI=1S/C22H24N6O3/c29-15-19(21(31)27-10-12-28(13-11-27)22-23-8-3-9-24-22)26-20(30)7-6-16-14-25-18-5-2-1-4-17(16)18/h1-9,14,19,25,29H,10-13,15H2,(H,26,30). The van der Waals surface area contributed by atoms with Crippen molar-refractivity contribution >= 4 is 34.7 Å². The number of anilines is 1. The summed E-state index contributed by atoms with van der Waals surface area (Å²) in [5, 5.41) is 13.3. The highest BCUT2D eigenvalue weighted by atomic mass is 16.3. The number of para-hydroxylation sites is 1. The van der Waals surface area contributed by atoms with Crippen LogP contribution in [-0.2, 0) is 9.59 Å². The van der Waals surface area contributed by atoms with Gasteiger partial charge in [-0.3, -0.25) is 9.59 Å². The first kappa shape index (κ1) is 20.5. The zero-order chi connectivity index (χ0) is 21.6. The summed E-state index contributed by atoms with van der Waals surface area (Å²) < 4.78 is 0. The van der Waals surface area contributed by atoms with E-state index in [4.69, 9.17) is 0 Å². The Morgan fingerprint density at radius 3 is 2.61 bits per heavy atom. The van der Waals surface area contributed by atoms with E-state index in [0.29, 0.717) is 32.1 Å². The smallest absolute Gasteiger partial charge is 0.247 e. The van der Waals surface area contributed by atoms with Crippen LogP contribution in [-0.4, -0.2) is 75.6 Å². The lowest BCUT2D eigenvalue weighted by atomic mass is 10.1. The highest BCUT2D eigenvalue weighted by molar-refractivity contribution is 5.98. The number of aromatic amines is 1. The molecule has 2 aromatic heterocycles. The number of aliphatic hydroxyl groups excluding tert-OH is 1. The van der Waals surface area contributed by atoms with Crippen LogP contribution in [0.5, 0.6) is 0 Å². The number of H-pyrrole nitrogens is 1. The summed E-state index contributed by atoms with van der Waals surface area (Å²) in [6.45, 7) is 1.64. The molecule has 1 saturated heterocycles. The second-order valence-corrected chi connectivity index (χ2v) is 7.23. The van der Waals surface area contributed by atoms with Crippen LogP contribution < -0.4 is 10.2 Å². The highest BCUT2D eigenvalue weighted by Crippen LogP contribution is 2.18. The molecule has 1 aromatic carbocycles. The zero-order valence-corrected chi connectivity index (χ0v) is 16.9. The minimum absolute atomic E-state index is 0.301. The highest BCUT2D eigenvalue weighted by Gasteiger charge is 2.28. The second kappa shape index (κ2) is 9.40. The zero-order valence-electron chi connectivity index (χ0n) is 16.9. The van der Waals surface area contributed by atoms with E-state index in [9.17, 15) is 14.7 Å². The molecule has 1 aliphatic heterocycles. The molecule has 9 heteroatoms. The van der Waals surface area contributed by atoms with Gasteiger partial charge in [0.15, 0.2) is 0 Å². The molecule has 9 nitrogen and oxygen atoms in total. The summed E-state index contributed by atoms with van der Waals surface area (Å²) in [5.41, 5.74) is 1.85. The summed E-state index contributed by atoms with van der Waals surface area (Å²) in [4.78, 5) is 40.4. The van der Waals surface area contributed by atoms with Crippen molar-refractivity contribution in [2.45, 2.75) is 6.04 Å². The van der Waals surface area contributed by atoms with E-state index in [1.165, 1.54) is 6.08 Å². The van der Waals surface area contributed by atoms with Crippen LogP contribution in [0, 0.1) is 0 Å². The number of hydrogen-bond donors (Lipinski definition) is 3. The van der Waals surface area contributed by atoms with Crippen molar-refractivity contribution in [3.63, 3.8) is 0 Å². The lowest BCUT2D eigenvalue weighted by Gasteiger charge is -2.36. The van der Waals surface area contributed by atoms with Gasteiger partial charge in [-0.25, -0.2) is 9.97 Å². The van der Waals surface area contributed by atoms with Crippen LogP contribution in [0.1, 0.15) is 5.56 Å². The van der Waals surface area contributed by atoms with Crippen LogP contribution in [0.3, 0.4) is 0 Å². The first-order valence-corrected chi connectivity index (χ1v) is 10.1. The summed E-state index contributed by atoms with van der Waals surface area (Å²) in [6.07, 6.45) is 8.24. The van der Waals surface area contributed by atoms with Gasteiger partial charge in [0.1, 0.15) is 6.04 Å². The largest absolute Gasteiger partial charge is 0.394 e. The Morgan fingerprint density at radius 1 is 1.13 bits per heavy atom. The number of hydrogen-bond acceptors (Lipinski definition) is 6. The van der Waals surface area contributed by atoms with Crippen molar-refractivity contribution in [2.24, 2.45) is 0 Å². The third-order valence-electron chi connectivity index (χ3n) is 5.26. The minimum atomic E-state index is -0.986. The lowest BCUT2D eigenvalue weighted by molar-refractivity contribution is -0.137. The summed E-state index contributed by atoms with van der Waals surface area (Å²) >= 11 is 0. The molecule has 2 amide bonds. The maximum Gasteiger partial charge on any atom is 0.247 e. The number of fused-ring (bicyclic) bond motifs is 1. The Labute approximate surface area is 179 Å². The predicted molar refractivity (Wildman–Crippen MR) is 117 cm³/mol. The number of nitrogens with one attached hydrogen (secondary N) is 2. The summed E-state index contributed by atoms with van der Waals surface area (Å²) in [6, 6.07) is 8.55. The van der Waals surface area contributed by atoms with Gasteiger partial charge in [-0.1, -0.05) is 18.2 Å². The van der Waals surface area contributed by atoms with Gasteiger partial charge in [-0.2, -0.15) is 0 Å². The van der Waals surface area contributed by atoms with Gasteiger partial charge in [0, 0.05) is 61.7 Å². The molecular formula is C22H24N6O3. The summed E-state index contributed by atoms with van der Waals surface area (Å²) in [5.74, 6) is -0.108. The second-order valence-electron chi connectivity index (χ2n) is 7.23. The number of rotatable bonds is 6. The first-order valence-electron chi connectivity index (χ1n) is 10.1. The Bertz CT molecular complexity index is 1070. The monoisotopic (exact) mass is 420 g/mol. The number of benzene rings is 1. The third kappa shape index (κ3) is 4.72. The maximum absolute atomic E-state index is 12.8. The van der Waals surface area contributed by atoms with Crippen LogP contribution in [0.25, 0.3) is 17.0 Å². The quantitative estimate of drug-likeness (QED) is 0.508. The molecule has 0 radical (unpaired) electrons. The number of aliphatic hydroxyl groups is 1. The van der Waals surface area contributed by atoms with Gasteiger partial charge in [0.25, 0.3) is 0 Å². The molecule has 1 unspecified atom stereocenters. The predicted octanol–water partition coefficient (Wildman–Crippen LogP) is 0.797. The van der Waals surface area contributed by atoms with E-state index in [1.807, 2.05) is 35.4 Å². The van der Waals surface area contributed by atoms with Gasteiger partial charge in [-0.05, 0) is 23.8 Å². The van der Waals surface area contributed by atoms with E-state index in [2.05, 4.69) is 20.3 Å². The number of piperazine rings is 1. The molecule has 0 bridgehead atoms. The topological polar surface area (TPSA) is 114 Å². The van der Waals surface area contributed by atoms with Gasteiger partial charge in [0.05, 0.1) is 6.61 Å². The average molecular weight is 420 g/mol. The fourth-order valence-corrected chi connectivity index (χ4v) is 3.60. The van der Waals surface area contributed by atoms with Gasteiger partial charge in [-0.15, -0.1) is 0 Å². The molecule has 0 saturated carbocycles. The maximum atomic E-state index is 12.8. The van der Waals surface area contributed by atoms with Crippen LogP contribution in [0.2, 0.25) is 0 Å². The molecule has 1 atom stereocenters. The number of amides is 2. The minimum Gasteiger partial charge on any atom is -0.394 e. The normalized spacial score (nSPS) is 15.4.